The predicted octanol–water partition coefficient (Wildman–Crippen LogP) is 0.781. The highest BCUT2D eigenvalue weighted by Gasteiger charge is 2.85. The van der Waals surface area contributed by atoms with Crippen molar-refractivity contribution in [2.75, 3.05) is 0 Å². The number of ether oxygens (including phenoxy) is 1. The van der Waals surface area contributed by atoms with Gasteiger partial charge >= 0.3 is 12.1 Å². The summed E-state index contributed by atoms with van der Waals surface area (Å²) < 4.78 is 4.82. The molecule has 4 aliphatic rings. The van der Waals surface area contributed by atoms with Crippen molar-refractivity contribution in [3.05, 3.63) is 0 Å². The quantitative estimate of drug-likeness (QED) is 0.741. The molecule has 0 aromatic heterocycles. The van der Waals surface area contributed by atoms with Gasteiger partial charge in [0.15, 0.2) is 5.54 Å². The van der Waals surface area contributed by atoms with Crippen LogP contribution < -0.4 is 5.32 Å². The molecular weight excluding hydrogens is 308 g/mol. The summed E-state index contributed by atoms with van der Waals surface area (Å²) in [4.78, 5) is 37.1. The molecule has 2 N–H and O–H groups in total. The van der Waals surface area contributed by atoms with E-state index in [9.17, 15) is 19.5 Å². The summed E-state index contributed by atoms with van der Waals surface area (Å²) >= 11 is 1.46. The van der Waals surface area contributed by atoms with Crippen LogP contribution in [-0.2, 0) is 14.3 Å². The van der Waals surface area contributed by atoms with E-state index >= 15 is 0 Å². The number of carbonyl (C=O) groups excluding carboxylic acids is 2. The SMILES string of the molecule is CC(OC(=O)NC1C(=O)N2[C@H]1SC1(C)CC21C(=O)O)C1CC1. The van der Waals surface area contributed by atoms with E-state index in [1.165, 1.54) is 16.7 Å². The molecule has 2 saturated heterocycles. The normalized spacial score (nSPS) is 42.8. The fraction of sp³-hybridized carbons (Fsp3) is 0.786. The molecule has 8 heteroatoms. The van der Waals surface area contributed by atoms with Crippen LogP contribution in [0.25, 0.3) is 0 Å². The number of amides is 2. The van der Waals surface area contributed by atoms with Crippen molar-refractivity contribution in [3.8, 4) is 0 Å². The first-order valence-corrected chi connectivity index (χ1v) is 8.40. The topological polar surface area (TPSA) is 95.9 Å². The lowest BCUT2D eigenvalue weighted by Crippen LogP contribution is -2.72. The highest BCUT2D eigenvalue weighted by molar-refractivity contribution is 8.02. The minimum Gasteiger partial charge on any atom is -0.479 e. The lowest BCUT2D eigenvalue weighted by Gasteiger charge is -2.45. The fourth-order valence-corrected chi connectivity index (χ4v) is 5.63. The third-order valence-corrected chi connectivity index (χ3v) is 7.11. The van der Waals surface area contributed by atoms with Crippen LogP contribution in [0.15, 0.2) is 0 Å². The first-order valence-electron chi connectivity index (χ1n) is 7.52. The first-order chi connectivity index (χ1) is 10.3. The number of alkyl carbamates (subject to hydrolysis) is 1. The van der Waals surface area contributed by atoms with E-state index in [1.807, 2.05) is 13.8 Å². The molecule has 22 heavy (non-hydrogen) atoms. The molecule has 2 saturated carbocycles. The molecule has 2 aliphatic heterocycles. The molecule has 0 aromatic rings. The number of hydrogen-bond donors (Lipinski definition) is 2. The van der Waals surface area contributed by atoms with Gasteiger partial charge in [0.1, 0.15) is 17.5 Å². The number of fused-ring (bicyclic) bond motifs is 3. The number of aliphatic carboxylic acids is 1. The number of nitrogens with zero attached hydrogens (tertiary/aromatic N) is 1. The third kappa shape index (κ3) is 1.61. The van der Waals surface area contributed by atoms with E-state index in [2.05, 4.69) is 5.32 Å². The lowest BCUT2D eigenvalue weighted by atomic mass is 10.0. The zero-order valence-electron chi connectivity index (χ0n) is 12.4. The first kappa shape index (κ1) is 14.2. The van der Waals surface area contributed by atoms with Gasteiger partial charge in [0.2, 0.25) is 5.91 Å². The Balaban J connectivity index is 1.41. The lowest BCUT2D eigenvalue weighted by molar-refractivity contribution is -0.162. The van der Waals surface area contributed by atoms with Gasteiger partial charge in [-0.05, 0) is 32.6 Å². The summed E-state index contributed by atoms with van der Waals surface area (Å²) in [6, 6.07) is -0.676. The number of carboxylic acids is 1. The Labute approximate surface area is 131 Å². The maximum atomic E-state index is 12.3. The number of β-lactam (4-membered cyclic amide) rings is 1. The fourth-order valence-electron chi connectivity index (χ4n) is 3.71. The van der Waals surface area contributed by atoms with Gasteiger partial charge < -0.3 is 20.1 Å². The molecule has 2 amide bonds. The largest absolute Gasteiger partial charge is 0.479 e. The monoisotopic (exact) mass is 326 g/mol. The molecule has 7 nitrogen and oxygen atoms in total. The third-order valence-electron chi connectivity index (χ3n) is 5.38. The molecule has 0 bridgehead atoms. The van der Waals surface area contributed by atoms with Crippen molar-refractivity contribution in [2.24, 2.45) is 5.92 Å². The molecule has 120 valence electrons. The Hall–Kier alpha value is -1.44. The molecule has 0 aromatic carbocycles. The summed E-state index contributed by atoms with van der Waals surface area (Å²) in [5, 5.41) is 11.8. The molecule has 5 atom stereocenters. The highest BCUT2D eigenvalue weighted by Crippen LogP contribution is 2.71. The van der Waals surface area contributed by atoms with E-state index in [0.29, 0.717) is 12.3 Å². The maximum Gasteiger partial charge on any atom is 0.408 e. The number of hydrogen-bond acceptors (Lipinski definition) is 5. The number of carbonyl (C=O) groups is 3. The van der Waals surface area contributed by atoms with E-state index in [4.69, 9.17) is 4.74 Å². The minimum atomic E-state index is -1.08. The van der Waals surface area contributed by atoms with Gasteiger partial charge in [-0.15, -0.1) is 11.8 Å². The van der Waals surface area contributed by atoms with Crippen LogP contribution in [0, 0.1) is 5.92 Å². The summed E-state index contributed by atoms with van der Waals surface area (Å²) in [6.45, 7) is 3.72. The minimum absolute atomic E-state index is 0.140. The van der Waals surface area contributed by atoms with Gasteiger partial charge in [-0.3, -0.25) is 4.79 Å². The van der Waals surface area contributed by atoms with E-state index < -0.39 is 28.4 Å². The van der Waals surface area contributed by atoms with Gasteiger partial charge in [0, 0.05) is 6.42 Å². The predicted molar refractivity (Wildman–Crippen MR) is 77.2 cm³/mol. The van der Waals surface area contributed by atoms with Crippen LogP contribution >= 0.6 is 11.8 Å². The van der Waals surface area contributed by atoms with Gasteiger partial charge in [-0.1, -0.05) is 0 Å². The Morgan fingerprint density at radius 3 is 2.77 bits per heavy atom. The van der Waals surface area contributed by atoms with Gasteiger partial charge in [0.05, 0.1) is 4.75 Å². The van der Waals surface area contributed by atoms with Crippen LogP contribution in [-0.4, -0.2) is 55.8 Å². The van der Waals surface area contributed by atoms with Crippen molar-refractivity contribution in [1.29, 1.82) is 0 Å². The molecule has 0 spiro atoms. The highest BCUT2D eigenvalue weighted by atomic mass is 32.2. The standard InChI is InChI=1S/C14H18N2O5S/c1-6(7-3-4-7)21-12(20)15-8-9(17)16-10(8)22-13(2)5-14(13,16)11(18)19/h6-8,10H,3-5H2,1-2H3,(H,15,20)(H,18,19)/t6?,8?,10-,13?,14?/m0/s1. The molecular formula is C14H18N2O5S. The average molecular weight is 326 g/mol. The summed E-state index contributed by atoms with van der Waals surface area (Å²) in [7, 11) is 0. The second-order valence-electron chi connectivity index (χ2n) is 6.86. The summed E-state index contributed by atoms with van der Waals surface area (Å²) in [5.74, 6) is -0.846. The average Bonchev–Trinajstić information content (AvgIpc) is 3.33. The van der Waals surface area contributed by atoms with Crippen molar-refractivity contribution < 1.29 is 24.2 Å². The van der Waals surface area contributed by atoms with Crippen molar-refractivity contribution in [3.63, 3.8) is 0 Å². The van der Waals surface area contributed by atoms with E-state index in [0.717, 1.165) is 12.8 Å². The zero-order chi connectivity index (χ0) is 15.9. The van der Waals surface area contributed by atoms with E-state index in [-0.39, 0.29) is 17.4 Å². The van der Waals surface area contributed by atoms with Gasteiger partial charge in [-0.25, -0.2) is 9.59 Å². The second-order valence-corrected chi connectivity index (χ2v) is 8.48. The Morgan fingerprint density at radius 2 is 2.18 bits per heavy atom. The Kier molecular flexibility index (Phi) is 2.64. The van der Waals surface area contributed by atoms with Gasteiger partial charge in [0.25, 0.3) is 0 Å². The summed E-state index contributed by atoms with van der Waals surface area (Å²) in [6.07, 6.45) is 1.88. The molecule has 4 fully saturated rings. The number of rotatable bonds is 4. The Bertz CT molecular complexity index is 594. The Morgan fingerprint density at radius 1 is 1.50 bits per heavy atom. The smallest absolute Gasteiger partial charge is 0.408 e. The second kappa shape index (κ2) is 4.10. The van der Waals surface area contributed by atoms with Crippen LogP contribution in [0.2, 0.25) is 0 Å². The van der Waals surface area contributed by atoms with Crippen molar-refractivity contribution >= 4 is 29.7 Å². The van der Waals surface area contributed by atoms with Crippen LogP contribution in [0.1, 0.15) is 33.1 Å². The summed E-state index contributed by atoms with van der Waals surface area (Å²) in [5.41, 5.74) is -1.08. The molecule has 0 radical (unpaired) electrons. The number of nitrogens with one attached hydrogen (secondary N) is 1. The maximum absolute atomic E-state index is 12.3. The van der Waals surface area contributed by atoms with Crippen molar-refractivity contribution in [2.45, 2.75) is 60.9 Å². The van der Waals surface area contributed by atoms with E-state index in [1.54, 1.807) is 0 Å². The van der Waals surface area contributed by atoms with Crippen LogP contribution in [0.3, 0.4) is 0 Å². The molecule has 2 heterocycles. The molecule has 4 unspecified atom stereocenters. The van der Waals surface area contributed by atoms with Crippen LogP contribution in [0.4, 0.5) is 4.79 Å². The molecule has 2 aliphatic carbocycles. The zero-order valence-corrected chi connectivity index (χ0v) is 13.2. The number of thioether (sulfide) groups is 1. The van der Waals surface area contributed by atoms with Crippen molar-refractivity contribution in [1.82, 2.24) is 10.2 Å². The van der Waals surface area contributed by atoms with Crippen LogP contribution in [0.5, 0.6) is 0 Å². The number of carboxylic acid groups (broad SMARTS) is 1. The van der Waals surface area contributed by atoms with Gasteiger partial charge in [-0.2, -0.15) is 0 Å². The molecule has 4 rings (SSSR count).